The van der Waals surface area contributed by atoms with Crippen molar-refractivity contribution in [2.24, 2.45) is 0 Å². The topological polar surface area (TPSA) is 102 Å². The van der Waals surface area contributed by atoms with Crippen LogP contribution in [-0.4, -0.2) is 27.9 Å². The number of anilines is 1. The highest BCUT2D eigenvalue weighted by Gasteiger charge is 2.21. The van der Waals surface area contributed by atoms with Crippen molar-refractivity contribution in [1.82, 2.24) is 4.98 Å². The first kappa shape index (κ1) is 19.0. The number of thiazole rings is 1. The third kappa shape index (κ3) is 4.09. The molecule has 2 heterocycles. The van der Waals surface area contributed by atoms with Gasteiger partial charge in [0.2, 0.25) is 0 Å². The second-order valence-corrected chi connectivity index (χ2v) is 7.91. The van der Waals surface area contributed by atoms with E-state index >= 15 is 0 Å². The van der Waals surface area contributed by atoms with E-state index in [1.54, 1.807) is 24.3 Å². The molecule has 0 saturated carbocycles. The number of aromatic nitrogens is 1. The Hall–Kier alpha value is -3.33. The third-order valence-electron chi connectivity index (χ3n) is 4.91. The number of hydrogen-bond acceptors (Lipinski definition) is 7. The molecule has 2 aromatic carbocycles. The summed E-state index contributed by atoms with van der Waals surface area (Å²) in [6.07, 6.45) is 6.81. The maximum absolute atomic E-state index is 11.6. The van der Waals surface area contributed by atoms with Crippen LogP contribution in [-0.2, 0) is 0 Å². The van der Waals surface area contributed by atoms with E-state index in [2.05, 4.69) is 9.88 Å². The predicted molar refractivity (Wildman–Crippen MR) is 114 cm³/mol. The summed E-state index contributed by atoms with van der Waals surface area (Å²) < 4.78 is 0.727. The molecule has 4 rings (SSSR count). The van der Waals surface area contributed by atoms with Crippen LogP contribution in [0.5, 0.6) is 0 Å². The molecule has 8 nitrogen and oxygen atoms in total. The normalized spacial score (nSPS) is 14.6. The van der Waals surface area contributed by atoms with Crippen molar-refractivity contribution >= 4 is 50.8 Å². The molecule has 148 valence electrons. The fraction of sp³-hybridized carbons (Fsp3) is 0.250. The molecule has 1 fully saturated rings. The number of benzene rings is 2. The van der Waals surface area contributed by atoms with Crippen molar-refractivity contribution in [3.63, 3.8) is 0 Å². The Bertz CT molecular complexity index is 1120. The zero-order valence-electron chi connectivity index (χ0n) is 15.5. The predicted octanol–water partition coefficient (Wildman–Crippen LogP) is 5.27. The summed E-state index contributed by atoms with van der Waals surface area (Å²) in [5.41, 5.74) is 2.20. The van der Waals surface area contributed by atoms with Gasteiger partial charge >= 0.3 is 0 Å². The monoisotopic (exact) mass is 410 g/mol. The van der Waals surface area contributed by atoms with Gasteiger partial charge in [-0.3, -0.25) is 20.2 Å². The summed E-state index contributed by atoms with van der Waals surface area (Å²) in [5.74, 6) is 0. The number of nitrogens with zero attached hydrogens (tertiary/aromatic N) is 4. The van der Waals surface area contributed by atoms with Gasteiger partial charge in [0.1, 0.15) is 10.7 Å². The molecule has 0 unspecified atom stereocenters. The van der Waals surface area contributed by atoms with Crippen LogP contribution in [0.2, 0.25) is 0 Å². The Morgan fingerprint density at radius 1 is 0.966 bits per heavy atom. The Kier molecular flexibility index (Phi) is 5.22. The van der Waals surface area contributed by atoms with E-state index in [1.165, 1.54) is 23.5 Å². The quantitative estimate of drug-likeness (QED) is 0.419. The standard InChI is InChI=1S/C20H18N4O4S/c25-23(26)15-6-7-16-19(13-15)29-20(21-16)9-5-14-4-8-17(18(12-14)24(27)28)22-10-2-1-3-11-22/h4-9,12-13H,1-3,10-11H2/b9-5+. The number of non-ortho nitro benzene ring substituents is 1. The van der Waals surface area contributed by atoms with Crippen LogP contribution in [0.15, 0.2) is 36.4 Å². The molecule has 0 radical (unpaired) electrons. The molecule has 0 bridgehead atoms. The van der Waals surface area contributed by atoms with Crippen LogP contribution in [0, 0.1) is 20.2 Å². The van der Waals surface area contributed by atoms with Crippen molar-refractivity contribution in [3.8, 4) is 0 Å². The van der Waals surface area contributed by atoms with Crippen molar-refractivity contribution in [3.05, 3.63) is 67.2 Å². The summed E-state index contributed by atoms with van der Waals surface area (Å²) in [4.78, 5) is 28.2. The van der Waals surface area contributed by atoms with Crippen LogP contribution in [0.1, 0.15) is 29.8 Å². The second-order valence-electron chi connectivity index (χ2n) is 6.85. The van der Waals surface area contributed by atoms with E-state index in [1.807, 2.05) is 12.1 Å². The minimum absolute atomic E-state index is 0.0283. The SMILES string of the molecule is O=[N+]([O-])c1ccc2nc(/C=C/c3ccc(N4CCCCC4)c([N+](=O)[O-])c3)sc2c1. The average Bonchev–Trinajstić information content (AvgIpc) is 3.14. The third-order valence-corrected chi connectivity index (χ3v) is 5.89. The second kappa shape index (κ2) is 7.96. The number of fused-ring (bicyclic) bond motifs is 1. The minimum atomic E-state index is -0.433. The summed E-state index contributed by atoms with van der Waals surface area (Å²) in [6, 6.07) is 9.81. The Morgan fingerprint density at radius 2 is 1.76 bits per heavy atom. The molecular weight excluding hydrogens is 392 g/mol. The van der Waals surface area contributed by atoms with E-state index in [0.29, 0.717) is 21.8 Å². The van der Waals surface area contributed by atoms with Crippen LogP contribution in [0.3, 0.4) is 0 Å². The highest BCUT2D eigenvalue weighted by atomic mass is 32.1. The lowest BCUT2D eigenvalue weighted by Crippen LogP contribution is -2.29. The van der Waals surface area contributed by atoms with Gasteiger partial charge < -0.3 is 4.90 Å². The summed E-state index contributed by atoms with van der Waals surface area (Å²) >= 11 is 1.34. The van der Waals surface area contributed by atoms with Gasteiger partial charge in [0.25, 0.3) is 11.4 Å². The van der Waals surface area contributed by atoms with E-state index in [9.17, 15) is 20.2 Å². The van der Waals surface area contributed by atoms with Crippen LogP contribution in [0.4, 0.5) is 17.1 Å². The van der Waals surface area contributed by atoms with Crippen molar-refractivity contribution in [2.45, 2.75) is 19.3 Å². The van der Waals surface area contributed by atoms with E-state index in [0.717, 1.165) is 37.1 Å². The summed E-state index contributed by atoms with van der Waals surface area (Å²) in [5, 5.41) is 23.2. The number of piperidine rings is 1. The van der Waals surface area contributed by atoms with E-state index < -0.39 is 4.92 Å². The highest BCUT2D eigenvalue weighted by molar-refractivity contribution is 7.19. The molecule has 0 atom stereocenters. The molecule has 0 aliphatic carbocycles. The molecule has 0 N–H and O–H groups in total. The lowest BCUT2D eigenvalue weighted by Gasteiger charge is -2.28. The zero-order chi connectivity index (χ0) is 20.4. The van der Waals surface area contributed by atoms with Crippen molar-refractivity contribution in [2.75, 3.05) is 18.0 Å². The molecule has 0 amide bonds. The maximum Gasteiger partial charge on any atom is 0.293 e. The number of nitro benzene ring substituents is 2. The van der Waals surface area contributed by atoms with Gasteiger partial charge in [-0.2, -0.15) is 0 Å². The highest BCUT2D eigenvalue weighted by Crippen LogP contribution is 2.32. The van der Waals surface area contributed by atoms with Gasteiger partial charge in [0.05, 0.1) is 20.1 Å². The van der Waals surface area contributed by atoms with Gasteiger partial charge in [0, 0.05) is 31.3 Å². The van der Waals surface area contributed by atoms with Gasteiger partial charge in [-0.05, 0) is 43.0 Å². The molecule has 1 aromatic heterocycles. The van der Waals surface area contributed by atoms with Crippen LogP contribution >= 0.6 is 11.3 Å². The number of rotatable bonds is 5. The van der Waals surface area contributed by atoms with Crippen molar-refractivity contribution in [1.29, 1.82) is 0 Å². The van der Waals surface area contributed by atoms with Gasteiger partial charge in [0.15, 0.2) is 0 Å². The lowest BCUT2D eigenvalue weighted by molar-refractivity contribution is -0.384. The lowest BCUT2D eigenvalue weighted by atomic mass is 10.1. The smallest absolute Gasteiger partial charge is 0.293 e. The molecule has 29 heavy (non-hydrogen) atoms. The molecule has 1 aliphatic rings. The first-order chi connectivity index (χ1) is 14.0. The van der Waals surface area contributed by atoms with Crippen LogP contribution in [0.25, 0.3) is 22.4 Å². The Labute approximate surface area is 170 Å². The van der Waals surface area contributed by atoms with Crippen molar-refractivity contribution < 1.29 is 9.85 Å². The fourth-order valence-electron chi connectivity index (χ4n) is 3.48. The van der Waals surface area contributed by atoms with Gasteiger partial charge in [-0.15, -0.1) is 11.3 Å². The molecule has 1 saturated heterocycles. The summed E-state index contributed by atoms with van der Waals surface area (Å²) in [6.45, 7) is 1.68. The van der Waals surface area contributed by atoms with Crippen LogP contribution < -0.4 is 4.90 Å². The number of nitro groups is 2. The fourth-order valence-corrected chi connectivity index (χ4v) is 4.38. The number of hydrogen-bond donors (Lipinski definition) is 0. The largest absolute Gasteiger partial charge is 0.366 e. The van der Waals surface area contributed by atoms with Gasteiger partial charge in [-0.25, -0.2) is 4.98 Å². The van der Waals surface area contributed by atoms with E-state index in [-0.39, 0.29) is 16.3 Å². The Balaban J connectivity index is 1.60. The maximum atomic E-state index is 11.6. The summed E-state index contributed by atoms with van der Waals surface area (Å²) in [7, 11) is 0. The first-order valence-electron chi connectivity index (χ1n) is 9.28. The Morgan fingerprint density at radius 3 is 2.48 bits per heavy atom. The van der Waals surface area contributed by atoms with Gasteiger partial charge in [-0.1, -0.05) is 12.1 Å². The molecule has 3 aromatic rings. The zero-order valence-corrected chi connectivity index (χ0v) is 16.3. The molecule has 9 heteroatoms. The first-order valence-corrected chi connectivity index (χ1v) is 10.1. The average molecular weight is 410 g/mol. The minimum Gasteiger partial charge on any atom is -0.366 e. The van der Waals surface area contributed by atoms with E-state index in [4.69, 9.17) is 0 Å². The molecule has 0 spiro atoms. The molecular formula is C20H18N4O4S. The molecule has 1 aliphatic heterocycles.